The molecule has 1 unspecified atom stereocenters. The number of Topliss-reactive ketones (excluding diaryl/α,β-unsaturated/α-hetero) is 1. The van der Waals surface area contributed by atoms with Crippen molar-refractivity contribution in [2.75, 3.05) is 12.0 Å². The van der Waals surface area contributed by atoms with Crippen LogP contribution >= 0.6 is 0 Å². The number of nitrogens with zero attached hydrogens (tertiary/aromatic N) is 1. The Labute approximate surface area is 103 Å². The van der Waals surface area contributed by atoms with Crippen molar-refractivity contribution in [3.05, 3.63) is 23.8 Å². The summed E-state index contributed by atoms with van der Waals surface area (Å²) in [5.41, 5.74) is 0.480. The van der Waals surface area contributed by atoms with Crippen LogP contribution in [0.5, 0.6) is 5.75 Å². The normalized spacial score (nSPS) is 15.6. The van der Waals surface area contributed by atoms with Gasteiger partial charge in [0, 0.05) is 6.07 Å². The van der Waals surface area contributed by atoms with Crippen LogP contribution in [0.25, 0.3) is 0 Å². The van der Waals surface area contributed by atoms with Crippen molar-refractivity contribution in [1.82, 2.24) is 0 Å². The molecule has 1 N–H and O–H groups in total. The molecule has 0 aliphatic carbocycles. The van der Waals surface area contributed by atoms with Crippen molar-refractivity contribution in [2.24, 2.45) is 0 Å². The summed E-state index contributed by atoms with van der Waals surface area (Å²) in [6.45, 7) is 1.35. The number of benzene rings is 1. The minimum atomic E-state index is -1.17. The van der Waals surface area contributed by atoms with Crippen LogP contribution in [0, 0.1) is 0 Å². The summed E-state index contributed by atoms with van der Waals surface area (Å²) in [5, 5.41) is 8.96. The van der Waals surface area contributed by atoms with E-state index in [1.165, 1.54) is 26.2 Å². The topological polar surface area (TPSA) is 83.9 Å². The molecule has 94 valence electrons. The number of aliphatic carboxylic acids is 1. The standard InChI is InChI=1S/C12H11NO5/c1-6(12(16)17)13-9-5-7(18-2)3-4-8(9)10(14)11(13)15/h3-6H,1-2H3,(H,16,17). The van der Waals surface area contributed by atoms with E-state index in [1.54, 1.807) is 6.07 Å². The Morgan fingerprint density at radius 3 is 2.61 bits per heavy atom. The molecule has 1 aromatic carbocycles. The van der Waals surface area contributed by atoms with Gasteiger partial charge in [0.05, 0.1) is 18.4 Å². The summed E-state index contributed by atoms with van der Waals surface area (Å²) in [4.78, 5) is 35.4. The SMILES string of the molecule is COc1ccc2c(c1)N(C(C)C(=O)O)C(=O)C2=O. The van der Waals surface area contributed by atoms with Gasteiger partial charge in [-0.1, -0.05) is 0 Å². The molecule has 1 heterocycles. The molecule has 0 saturated heterocycles. The minimum Gasteiger partial charge on any atom is -0.497 e. The average molecular weight is 249 g/mol. The number of hydrogen-bond acceptors (Lipinski definition) is 4. The van der Waals surface area contributed by atoms with Crippen LogP contribution in [-0.2, 0) is 9.59 Å². The van der Waals surface area contributed by atoms with Crippen LogP contribution in [0.3, 0.4) is 0 Å². The van der Waals surface area contributed by atoms with Gasteiger partial charge in [0.1, 0.15) is 11.8 Å². The third-order valence-electron chi connectivity index (χ3n) is 2.87. The first-order valence-electron chi connectivity index (χ1n) is 5.26. The number of carboxylic acids is 1. The van der Waals surface area contributed by atoms with Crippen LogP contribution in [0.15, 0.2) is 18.2 Å². The average Bonchev–Trinajstić information content (AvgIpc) is 2.60. The number of methoxy groups -OCH3 is 1. The Bertz CT molecular complexity index is 551. The number of carboxylic acid groups (broad SMARTS) is 1. The number of amides is 1. The first kappa shape index (κ1) is 12.1. The quantitative estimate of drug-likeness (QED) is 0.797. The molecule has 6 nitrogen and oxygen atoms in total. The highest BCUT2D eigenvalue weighted by molar-refractivity contribution is 6.52. The Balaban J connectivity index is 2.55. The summed E-state index contributed by atoms with van der Waals surface area (Å²) in [6, 6.07) is 3.40. The van der Waals surface area contributed by atoms with Crippen LogP contribution in [0.2, 0.25) is 0 Å². The number of ketones is 1. The molecule has 1 aliphatic heterocycles. The predicted octanol–water partition coefficient (Wildman–Crippen LogP) is 0.698. The Morgan fingerprint density at radius 2 is 2.06 bits per heavy atom. The highest BCUT2D eigenvalue weighted by Crippen LogP contribution is 2.33. The van der Waals surface area contributed by atoms with E-state index in [2.05, 4.69) is 0 Å². The lowest BCUT2D eigenvalue weighted by molar-refractivity contribution is -0.139. The maximum atomic E-state index is 11.8. The van der Waals surface area contributed by atoms with Gasteiger partial charge in [0.2, 0.25) is 0 Å². The zero-order valence-corrected chi connectivity index (χ0v) is 9.84. The molecule has 1 aromatic rings. The summed E-state index contributed by atoms with van der Waals surface area (Å²) in [7, 11) is 1.45. The second-order valence-corrected chi connectivity index (χ2v) is 3.90. The van der Waals surface area contributed by atoms with Gasteiger partial charge in [0.15, 0.2) is 0 Å². The molecule has 6 heteroatoms. The van der Waals surface area contributed by atoms with Gasteiger partial charge < -0.3 is 9.84 Å². The lowest BCUT2D eigenvalue weighted by Gasteiger charge is -2.21. The van der Waals surface area contributed by atoms with Crippen LogP contribution < -0.4 is 9.64 Å². The van der Waals surface area contributed by atoms with Crippen LogP contribution in [0.4, 0.5) is 5.69 Å². The van der Waals surface area contributed by atoms with Crippen molar-refractivity contribution in [2.45, 2.75) is 13.0 Å². The molecule has 0 spiro atoms. The number of anilines is 1. The Kier molecular flexibility index (Phi) is 2.78. The van der Waals surface area contributed by atoms with Crippen molar-refractivity contribution in [3.63, 3.8) is 0 Å². The molecule has 0 fully saturated rings. The van der Waals surface area contributed by atoms with Gasteiger partial charge in [-0.05, 0) is 19.1 Å². The summed E-state index contributed by atoms with van der Waals surface area (Å²) < 4.78 is 5.00. The molecule has 1 amide bonds. The van der Waals surface area contributed by atoms with Gasteiger partial charge in [-0.3, -0.25) is 14.5 Å². The number of fused-ring (bicyclic) bond motifs is 1. The van der Waals surface area contributed by atoms with Crippen molar-refractivity contribution >= 4 is 23.3 Å². The lowest BCUT2D eigenvalue weighted by atomic mass is 10.1. The fraction of sp³-hybridized carbons (Fsp3) is 0.250. The molecule has 18 heavy (non-hydrogen) atoms. The highest BCUT2D eigenvalue weighted by Gasteiger charge is 2.40. The molecule has 1 aliphatic rings. The summed E-state index contributed by atoms with van der Waals surface area (Å²) in [5.74, 6) is -2.24. The smallest absolute Gasteiger partial charge is 0.326 e. The maximum Gasteiger partial charge on any atom is 0.326 e. The van der Waals surface area contributed by atoms with E-state index in [4.69, 9.17) is 9.84 Å². The number of rotatable bonds is 3. The minimum absolute atomic E-state index is 0.203. The molecular weight excluding hydrogens is 238 g/mol. The molecule has 0 saturated carbocycles. The number of carbonyl (C=O) groups is 3. The highest BCUT2D eigenvalue weighted by atomic mass is 16.5. The van der Waals surface area contributed by atoms with E-state index in [-0.39, 0.29) is 11.3 Å². The fourth-order valence-electron chi connectivity index (χ4n) is 1.86. The van der Waals surface area contributed by atoms with Crippen LogP contribution in [0.1, 0.15) is 17.3 Å². The first-order chi connectivity index (χ1) is 8.47. The largest absolute Gasteiger partial charge is 0.497 e. The molecule has 0 aromatic heterocycles. The molecule has 0 radical (unpaired) electrons. The summed E-state index contributed by atoms with van der Waals surface area (Å²) >= 11 is 0. The van der Waals surface area contributed by atoms with E-state index < -0.39 is 23.7 Å². The second kappa shape index (κ2) is 4.14. The third-order valence-corrected chi connectivity index (χ3v) is 2.87. The van der Waals surface area contributed by atoms with E-state index in [1.807, 2.05) is 0 Å². The summed E-state index contributed by atoms with van der Waals surface area (Å²) in [6.07, 6.45) is 0. The lowest BCUT2D eigenvalue weighted by Crippen LogP contribution is -2.42. The second-order valence-electron chi connectivity index (χ2n) is 3.90. The molecular formula is C12H11NO5. The third kappa shape index (κ3) is 1.62. The zero-order valence-electron chi connectivity index (χ0n) is 9.84. The predicted molar refractivity (Wildman–Crippen MR) is 61.9 cm³/mol. The van der Waals surface area contributed by atoms with Gasteiger partial charge in [-0.2, -0.15) is 0 Å². The van der Waals surface area contributed by atoms with Crippen molar-refractivity contribution < 1.29 is 24.2 Å². The van der Waals surface area contributed by atoms with E-state index >= 15 is 0 Å². The number of ether oxygens (including phenoxy) is 1. The monoisotopic (exact) mass is 249 g/mol. The number of carbonyl (C=O) groups excluding carboxylic acids is 2. The molecule has 1 atom stereocenters. The Morgan fingerprint density at radius 1 is 1.39 bits per heavy atom. The fourth-order valence-corrected chi connectivity index (χ4v) is 1.86. The first-order valence-corrected chi connectivity index (χ1v) is 5.26. The van der Waals surface area contributed by atoms with E-state index in [9.17, 15) is 14.4 Å². The van der Waals surface area contributed by atoms with Gasteiger partial charge in [-0.15, -0.1) is 0 Å². The maximum absolute atomic E-state index is 11.8. The Hall–Kier alpha value is -2.37. The van der Waals surface area contributed by atoms with E-state index in [0.29, 0.717) is 5.75 Å². The molecule has 0 bridgehead atoms. The van der Waals surface area contributed by atoms with Gasteiger partial charge in [0.25, 0.3) is 11.7 Å². The molecule has 2 rings (SSSR count). The van der Waals surface area contributed by atoms with E-state index in [0.717, 1.165) is 4.90 Å². The zero-order chi connectivity index (χ0) is 13.4. The van der Waals surface area contributed by atoms with Crippen molar-refractivity contribution in [3.8, 4) is 5.75 Å². The number of hydrogen-bond donors (Lipinski definition) is 1. The van der Waals surface area contributed by atoms with Crippen LogP contribution in [-0.4, -0.2) is 35.9 Å². The van der Waals surface area contributed by atoms with Gasteiger partial charge in [-0.25, -0.2) is 4.79 Å². The van der Waals surface area contributed by atoms with Gasteiger partial charge >= 0.3 is 5.97 Å². The van der Waals surface area contributed by atoms with Crippen molar-refractivity contribution in [1.29, 1.82) is 0 Å².